The monoisotopic (exact) mass is 260 g/mol. The molecule has 0 aliphatic heterocycles. The number of carbonyl (C=O) groups excluding carboxylic acids is 1. The third-order valence-corrected chi connectivity index (χ3v) is 2.85. The first-order chi connectivity index (χ1) is 9.01. The number of nitrogens with one attached hydrogen (secondary N) is 1. The van der Waals surface area contributed by atoms with E-state index >= 15 is 0 Å². The van der Waals surface area contributed by atoms with E-state index in [-0.39, 0.29) is 11.5 Å². The summed E-state index contributed by atoms with van der Waals surface area (Å²) < 4.78 is 3.07. The van der Waals surface area contributed by atoms with Gasteiger partial charge in [0.1, 0.15) is 0 Å². The Labute approximate surface area is 110 Å². The number of aryl methyl sites for hydroxylation is 3. The van der Waals surface area contributed by atoms with Crippen LogP contribution in [-0.4, -0.2) is 20.3 Å². The second-order valence-corrected chi connectivity index (χ2v) is 4.34. The highest BCUT2D eigenvalue weighted by Crippen LogP contribution is 2.14. The molecule has 2 aromatic rings. The van der Waals surface area contributed by atoms with E-state index in [1.165, 1.54) is 10.6 Å². The van der Waals surface area contributed by atoms with Gasteiger partial charge in [-0.15, -0.1) is 0 Å². The van der Waals surface area contributed by atoms with Gasteiger partial charge in [-0.1, -0.05) is 6.92 Å². The zero-order valence-electron chi connectivity index (χ0n) is 11.2. The summed E-state index contributed by atoms with van der Waals surface area (Å²) in [4.78, 5) is 23.5. The molecule has 100 valence electrons. The van der Waals surface area contributed by atoms with Crippen LogP contribution in [0.2, 0.25) is 0 Å². The van der Waals surface area contributed by atoms with Crippen molar-refractivity contribution in [3.8, 4) is 0 Å². The van der Waals surface area contributed by atoms with Gasteiger partial charge in [0.05, 0.1) is 11.4 Å². The third-order valence-electron chi connectivity index (χ3n) is 2.85. The highest BCUT2D eigenvalue weighted by molar-refractivity contribution is 6.04. The first kappa shape index (κ1) is 13.1. The van der Waals surface area contributed by atoms with Crippen LogP contribution in [-0.2, 0) is 20.5 Å². The Bertz CT molecular complexity index is 670. The molecule has 0 fully saturated rings. The van der Waals surface area contributed by atoms with Crippen molar-refractivity contribution in [3.63, 3.8) is 0 Å². The Kier molecular flexibility index (Phi) is 3.50. The number of carbonyl (C=O) groups is 1. The number of aromatic nitrogens is 3. The molecule has 0 saturated heterocycles. The molecule has 0 spiro atoms. The smallest absolute Gasteiger partial charge is 0.256 e. The van der Waals surface area contributed by atoms with Crippen molar-refractivity contribution in [1.82, 2.24) is 14.3 Å². The standard InChI is InChI=1S/C13H16N4O2/c1-4-10-11(8-17(3)15-10)14-13(19)9-5-6-16(2)12(18)7-9/h5-8H,4H2,1-3H3,(H,14,19). The maximum atomic E-state index is 12.1. The zero-order chi connectivity index (χ0) is 14.0. The Balaban J connectivity index is 2.25. The fourth-order valence-corrected chi connectivity index (χ4v) is 1.78. The second kappa shape index (κ2) is 5.09. The van der Waals surface area contributed by atoms with Gasteiger partial charge in [-0.3, -0.25) is 14.3 Å². The van der Waals surface area contributed by atoms with E-state index in [1.54, 1.807) is 37.2 Å². The summed E-state index contributed by atoms with van der Waals surface area (Å²) >= 11 is 0. The maximum Gasteiger partial charge on any atom is 0.256 e. The average Bonchev–Trinajstić information content (AvgIpc) is 2.72. The minimum absolute atomic E-state index is 0.213. The lowest BCUT2D eigenvalue weighted by Gasteiger charge is -2.04. The Morgan fingerprint density at radius 3 is 2.79 bits per heavy atom. The van der Waals surface area contributed by atoms with E-state index < -0.39 is 0 Å². The molecule has 6 nitrogen and oxygen atoms in total. The molecule has 6 heteroatoms. The van der Waals surface area contributed by atoms with Crippen LogP contribution in [0.15, 0.2) is 29.3 Å². The quantitative estimate of drug-likeness (QED) is 0.892. The van der Waals surface area contributed by atoms with Crippen LogP contribution in [0.3, 0.4) is 0 Å². The normalized spacial score (nSPS) is 10.5. The predicted octanol–water partition coefficient (Wildman–Crippen LogP) is 0.933. The Hall–Kier alpha value is -2.37. The second-order valence-electron chi connectivity index (χ2n) is 4.34. The van der Waals surface area contributed by atoms with Gasteiger partial charge in [0.15, 0.2) is 0 Å². The van der Waals surface area contributed by atoms with Crippen LogP contribution < -0.4 is 10.9 Å². The summed E-state index contributed by atoms with van der Waals surface area (Å²) in [5.74, 6) is -0.305. The summed E-state index contributed by atoms with van der Waals surface area (Å²) in [5, 5.41) is 7.02. The zero-order valence-corrected chi connectivity index (χ0v) is 11.2. The first-order valence-corrected chi connectivity index (χ1v) is 6.01. The van der Waals surface area contributed by atoms with Gasteiger partial charge in [-0.2, -0.15) is 5.10 Å². The molecule has 0 radical (unpaired) electrons. The van der Waals surface area contributed by atoms with Gasteiger partial charge >= 0.3 is 0 Å². The SMILES string of the molecule is CCc1nn(C)cc1NC(=O)c1ccn(C)c(=O)c1. The van der Waals surface area contributed by atoms with Crippen LogP contribution in [0.5, 0.6) is 0 Å². The lowest BCUT2D eigenvalue weighted by molar-refractivity contribution is 0.102. The highest BCUT2D eigenvalue weighted by atomic mass is 16.2. The van der Waals surface area contributed by atoms with E-state index in [9.17, 15) is 9.59 Å². The van der Waals surface area contributed by atoms with E-state index in [0.717, 1.165) is 12.1 Å². The lowest BCUT2D eigenvalue weighted by atomic mass is 10.2. The average molecular weight is 260 g/mol. The van der Waals surface area contributed by atoms with Crippen LogP contribution in [0.25, 0.3) is 0 Å². The molecule has 0 bridgehead atoms. The number of nitrogens with zero attached hydrogens (tertiary/aromatic N) is 3. The largest absolute Gasteiger partial charge is 0.319 e. The molecule has 1 N–H and O–H groups in total. The topological polar surface area (TPSA) is 68.9 Å². The fourth-order valence-electron chi connectivity index (χ4n) is 1.78. The summed E-state index contributed by atoms with van der Waals surface area (Å²) in [7, 11) is 3.44. The van der Waals surface area contributed by atoms with E-state index in [1.807, 2.05) is 6.92 Å². The fraction of sp³-hybridized carbons (Fsp3) is 0.308. The predicted molar refractivity (Wildman–Crippen MR) is 72.2 cm³/mol. The van der Waals surface area contributed by atoms with Crippen molar-refractivity contribution in [1.29, 1.82) is 0 Å². The van der Waals surface area contributed by atoms with Crippen LogP contribution in [0.1, 0.15) is 23.0 Å². The molecule has 0 atom stereocenters. The molecule has 0 saturated carbocycles. The van der Waals surface area contributed by atoms with Crippen molar-refractivity contribution in [3.05, 3.63) is 46.1 Å². The van der Waals surface area contributed by atoms with Gasteiger partial charge in [-0.25, -0.2) is 0 Å². The lowest BCUT2D eigenvalue weighted by Crippen LogP contribution is -2.20. The number of amides is 1. The van der Waals surface area contributed by atoms with Gasteiger partial charge in [-0.05, 0) is 12.5 Å². The van der Waals surface area contributed by atoms with Crippen molar-refractivity contribution in [2.45, 2.75) is 13.3 Å². The molecule has 2 aromatic heterocycles. The number of hydrogen-bond acceptors (Lipinski definition) is 3. The molecule has 1 amide bonds. The number of hydrogen-bond donors (Lipinski definition) is 1. The summed E-state index contributed by atoms with van der Waals surface area (Å²) in [6.45, 7) is 1.97. The molecule has 0 aromatic carbocycles. The number of pyridine rings is 1. The minimum atomic E-state index is -0.305. The van der Waals surface area contributed by atoms with Crippen LogP contribution >= 0.6 is 0 Å². The Morgan fingerprint density at radius 1 is 1.42 bits per heavy atom. The molecule has 0 aliphatic carbocycles. The summed E-state index contributed by atoms with van der Waals surface area (Å²) in [6.07, 6.45) is 4.05. The molecular formula is C13H16N4O2. The van der Waals surface area contributed by atoms with Gasteiger partial charge in [0.25, 0.3) is 11.5 Å². The van der Waals surface area contributed by atoms with E-state index in [4.69, 9.17) is 0 Å². The van der Waals surface area contributed by atoms with Crippen molar-refractivity contribution in [2.75, 3.05) is 5.32 Å². The van der Waals surface area contributed by atoms with E-state index in [2.05, 4.69) is 10.4 Å². The van der Waals surface area contributed by atoms with Crippen molar-refractivity contribution in [2.24, 2.45) is 14.1 Å². The summed E-state index contributed by atoms with van der Waals surface area (Å²) in [5.41, 5.74) is 1.62. The van der Waals surface area contributed by atoms with Crippen LogP contribution in [0, 0.1) is 0 Å². The number of anilines is 1. The van der Waals surface area contributed by atoms with Gasteiger partial charge in [0.2, 0.25) is 0 Å². The minimum Gasteiger partial charge on any atom is -0.319 e. The van der Waals surface area contributed by atoms with E-state index in [0.29, 0.717) is 11.3 Å². The first-order valence-electron chi connectivity index (χ1n) is 6.01. The Morgan fingerprint density at radius 2 is 2.16 bits per heavy atom. The van der Waals surface area contributed by atoms with Crippen LogP contribution in [0.4, 0.5) is 5.69 Å². The molecule has 2 heterocycles. The molecule has 2 rings (SSSR count). The summed E-state index contributed by atoms with van der Waals surface area (Å²) in [6, 6.07) is 2.93. The van der Waals surface area contributed by atoms with Gasteiger partial charge < -0.3 is 9.88 Å². The molecule has 19 heavy (non-hydrogen) atoms. The van der Waals surface area contributed by atoms with Gasteiger partial charge in [0, 0.05) is 38.1 Å². The highest BCUT2D eigenvalue weighted by Gasteiger charge is 2.11. The molecular weight excluding hydrogens is 244 g/mol. The number of rotatable bonds is 3. The van der Waals surface area contributed by atoms with Crippen molar-refractivity contribution < 1.29 is 4.79 Å². The molecule has 0 unspecified atom stereocenters. The molecule has 0 aliphatic rings. The maximum absolute atomic E-state index is 12.1. The third kappa shape index (κ3) is 2.73. The van der Waals surface area contributed by atoms with Crippen molar-refractivity contribution >= 4 is 11.6 Å².